The van der Waals surface area contributed by atoms with Crippen LogP contribution in [-0.4, -0.2) is 50.7 Å². The summed E-state index contributed by atoms with van der Waals surface area (Å²) >= 11 is 6.76. The largest absolute Gasteiger partial charge is 0.460 e. The first-order valence-corrected chi connectivity index (χ1v) is 11.2. The predicted octanol–water partition coefficient (Wildman–Crippen LogP) is 2.83. The van der Waals surface area contributed by atoms with Gasteiger partial charge in [-0.2, -0.15) is 0 Å². The third-order valence-electron chi connectivity index (χ3n) is 5.22. The van der Waals surface area contributed by atoms with Gasteiger partial charge in [0.2, 0.25) is 0 Å². The standard InChI is InChI=1S/C22H23ClN2O7S/c1-12-16(20(28)31-10-9-30-2)19(33-17(12)18(24)27)25-15(26)11-32-21(29)22(7-8-22)13-3-5-14(23)6-4-13/h3-6H,7-11H2,1-2H3,(H2,24,27)(H,25,26). The van der Waals surface area contributed by atoms with Crippen molar-refractivity contribution in [3.8, 4) is 0 Å². The number of thiophene rings is 1. The van der Waals surface area contributed by atoms with Crippen LogP contribution in [0.2, 0.25) is 5.02 Å². The lowest BCUT2D eigenvalue weighted by Crippen LogP contribution is -2.28. The maximum absolute atomic E-state index is 12.7. The summed E-state index contributed by atoms with van der Waals surface area (Å²) in [6.45, 7) is 1.15. The van der Waals surface area contributed by atoms with Crippen LogP contribution < -0.4 is 11.1 Å². The van der Waals surface area contributed by atoms with Gasteiger partial charge in [0, 0.05) is 12.1 Å². The van der Waals surface area contributed by atoms with Gasteiger partial charge in [-0.3, -0.25) is 14.4 Å². The zero-order valence-electron chi connectivity index (χ0n) is 18.1. The molecule has 1 heterocycles. The van der Waals surface area contributed by atoms with E-state index >= 15 is 0 Å². The van der Waals surface area contributed by atoms with Crippen LogP contribution in [0.3, 0.4) is 0 Å². The van der Waals surface area contributed by atoms with Crippen molar-refractivity contribution in [3.05, 3.63) is 50.9 Å². The highest BCUT2D eigenvalue weighted by Crippen LogP contribution is 2.49. The second kappa shape index (κ2) is 10.3. The molecule has 1 aromatic carbocycles. The van der Waals surface area contributed by atoms with Crippen LogP contribution in [0.25, 0.3) is 0 Å². The van der Waals surface area contributed by atoms with E-state index in [1.807, 2.05) is 0 Å². The second-order valence-corrected chi connectivity index (χ2v) is 8.92. The van der Waals surface area contributed by atoms with E-state index in [-0.39, 0.29) is 28.7 Å². The number of benzene rings is 1. The molecule has 1 fully saturated rings. The summed E-state index contributed by atoms with van der Waals surface area (Å²) in [5.74, 6) is -2.66. The number of carbonyl (C=O) groups excluding carboxylic acids is 4. The van der Waals surface area contributed by atoms with Crippen LogP contribution in [0.15, 0.2) is 24.3 Å². The van der Waals surface area contributed by atoms with Crippen molar-refractivity contribution in [2.75, 3.05) is 32.2 Å². The van der Waals surface area contributed by atoms with Gasteiger partial charge in [0.15, 0.2) is 6.61 Å². The Hall–Kier alpha value is -2.95. The minimum atomic E-state index is -0.778. The Labute approximate surface area is 199 Å². The number of esters is 2. The SMILES string of the molecule is COCCOC(=O)c1c(NC(=O)COC(=O)C2(c3ccc(Cl)cc3)CC2)sc(C(N)=O)c1C. The Morgan fingerprint density at radius 2 is 1.79 bits per heavy atom. The molecule has 2 amide bonds. The number of ether oxygens (including phenoxy) is 3. The van der Waals surface area contributed by atoms with E-state index in [9.17, 15) is 19.2 Å². The molecule has 1 aromatic heterocycles. The number of primary amides is 1. The van der Waals surface area contributed by atoms with Crippen molar-refractivity contribution in [1.29, 1.82) is 0 Å². The van der Waals surface area contributed by atoms with Gasteiger partial charge in [-0.1, -0.05) is 23.7 Å². The first kappa shape index (κ1) is 24.7. The molecule has 9 nitrogen and oxygen atoms in total. The molecule has 176 valence electrons. The normalized spacial score (nSPS) is 13.8. The number of rotatable bonds is 10. The molecule has 3 rings (SSSR count). The Morgan fingerprint density at radius 3 is 2.36 bits per heavy atom. The highest BCUT2D eigenvalue weighted by atomic mass is 35.5. The van der Waals surface area contributed by atoms with Crippen molar-refractivity contribution in [1.82, 2.24) is 0 Å². The topological polar surface area (TPSA) is 134 Å². The van der Waals surface area contributed by atoms with Crippen molar-refractivity contribution in [2.45, 2.75) is 25.2 Å². The van der Waals surface area contributed by atoms with E-state index in [1.165, 1.54) is 14.0 Å². The van der Waals surface area contributed by atoms with Crippen LogP contribution in [-0.2, 0) is 29.2 Å². The first-order valence-electron chi connectivity index (χ1n) is 10.0. The molecule has 33 heavy (non-hydrogen) atoms. The summed E-state index contributed by atoms with van der Waals surface area (Å²) in [7, 11) is 1.46. The summed E-state index contributed by atoms with van der Waals surface area (Å²) in [6, 6.07) is 6.91. The summed E-state index contributed by atoms with van der Waals surface area (Å²) in [4.78, 5) is 49.5. The van der Waals surface area contributed by atoms with Crippen LogP contribution in [0.1, 0.15) is 44.0 Å². The van der Waals surface area contributed by atoms with Crippen molar-refractivity contribution < 1.29 is 33.4 Å². The summed E-state index contributed by atoms with van der Waals surface area (Å²) in [5.41, 5.74) is 5.69. The first-order chi connectivity index (χ1) is 15.7. The van der Waals surface area contributed by atoms with E-state index < -0.39 is 35.8 Å². The molecule has 1 aliphatic carbocycles. The molecule has 1 aliphatic rings. The fraction of sp³-hybridized carbons (Fsp3) is 0.364. The fourth-order valence-electron chi connectivity index (χ4n) is 3.31. The number of methoxy groups -OCH3 is 1. The van der Waals surface area contributed by atoms with Crippen molar-refractivity contribution in [3.63, 3.8) is 0 Å². The summed E-state index contributed by atoms with van der Waals surface area (Å²) in [6.07, 6.45) is 1.22. The molecule has 1 saturated carbocycles. The minimum Gasteiger partial charge on any atom is -0.460 e. The van der Waals surface area contributed by atoms with Crippen LogP contribution in [0.4, 0.5) is 5.00 Å². The van der Waals surface area contributed by atoms with Gasteiger partial charge >= 0.3 is 11.9 Å². The lowest BCUT2D eigenvalue weighted by atomic mass is 9.96. The van der Waals surface area contributed by atoms with Gasteiger partial charge in [-0.25, -0.2) is 4.79 Å². The van der Waals surface area contributed by atoms with Gasteiger partial charge in [0.1, 0.15) is 11.6 Å². The highest BCUT2D eigenvalue weighted by molar-refractivity contribution is 7.18. The van der Waals surface area contributed by atoms with E-state index in [0.29, 0.717) is 23.4 Å². The molecule has 0 saturated heterocycles. The number of hydrogen-bond donors (Lipinski definition) is 2. The minimum absolute atomic E-state index is 0.00565. The fourth-order valence-corrected chi connectivity index (χ4v) is 4.50. The van der Waals surface area contributed by atoms with Gasteiger partial charge in [0.25, 0.3) is 11.8 Å². The highest BCUT2D eigenvalue weighted by Gasteiger charge is 2.52. The summed E-state index contributed by atoms with van der Waals surface area (Å²) < 4.78 is 15.2. The van der Waals surface area contributed by atoms with E-state index in [1.54, 1.807) is 24.3 Å². The molecule has 0 bridgehead atoms. The Morgan fingerprint density at radius 1 is 1.12 bits per heavy atom. The third kappa shape index (κ3) is 5.52. The molecule has 3 N–H and O–H groups in total. The molecule has 0 spiro atoms. The summed E-state index contributed by atoms with van der Waals surface area (Å²) in [5, 5.41) is 3.16. The maximum atomic E-state index is 12.7. The monoisotopic (exact) mass is 494 g/mol. The lowest BCUT2D eigenvalue weighted by Gasteiger charge is -2.15. The second-order valence-electron chi connectivity index (χ2n) is 7.47. The number of halogens is 1. The number of nitrogens with two attached hydrogens (primary N) is 1. The molecule has 2 aromatic rings. The molecule has 0 atom stereocenters. The van der Waals surface area contributed by atoms with E-state index in [2.05, 4.69) is 5.32 Å². The number of hydrogen-bond acceptors (Lipinski definition) is 8. The quantitative estimate of drug-likeness (QED) is 0.383. The molecular formula is C22H23ClN2O7S. The van der Waals surface area contributed by atoms with Gasteiger partial charge in [-0.15, -0.1) is 11.3 Å². The van der Waals surface area contributed by atoms with Gasteiger partial charge in [0.05, 0.1) is 22.5 Å². The average molecular weight is 495 g/mol. The third-order valence-corrected chi connectivity index (χ3v) is 6.69. The lowest BCUT2D eigenvalue weighted by molar-refractivity contribution is -0.150. The molecule has 0 aliphatic heterocycles. The molecule has 0 radical (unpaired) electrons. The van der Waals surface area contributed by atoms with Crippen LogP contribution >= 0.6 is 22.9 Å². The molecular weight excluding hydrogens is 472 g/mol. The molecule has 0 unspecified atom stereocenters. The Kier molecular flexibility index (Phi) is 7.72. The van der Waals surface area contributed by atoms with E-state index in [4.69, 9.17) is 31.5 Å². The maximum Gasteiger partial charge on any atom is 0.341 e. The van der Waals surface area contributed by atoms with Crippen LogP contribution in [0, 0.1) is 6.92 Å². The zero-order valence-corrected chi connectivity index (χ0v) is 19.6. The van der Waals surface area contributed by atoms with Crippen molar-refractivity contribution >= 4 is 51.7 Å². The predicted molar refractivity (Wildman–Crippen MR) is 122 cm³/mol. The zero-order chi connectivity index (χ0) is 24.2. The van der Waals surface area contributed by atoms with E-state index in [0.717, 1.165) is 16.9 Å². The number of amides is 2. The van der Waals surface area contributed by atoms with Gasteiger partial charge < -0.3 is 25.3 Å². The van der Waals surface area contributed by atoms with Crippen LogP contribution in [0.5, 0.6) is 0 Å². The smallest absolute Gasteiger partial charge is 0.341 e. The molecule has 11 heteroatoms. The Balaban J connectivity index is 1.68. The average Bonchev–Trinajstić information content (AvgIpc) is 3.51. The van der Waals surface area contributed by atoms with Crippen molar-refractivity contribution in [2.24, 2.45) is 5.73 Å². The Bertz CT molecular complexity index is 1080. The number of nitrogens with one attached hydrogen (secondary N) is 1. The number of anilines is 1. The number of carbonyl (C=O) groups is 4. The van der Waals surface area contributed by atoms with Gasteiger partial charge in [-0.05, 0) is 43.0 Å².